The SMILES string of the molecule is CSc1cccc(NC(=O)Cc2nnnn2C)c1. The van der Waals surface area contributed by atoms with Crippen LogP contribution in [0, 0.1) is 0 Å². The lowest BCUT2D eigenvalue weighted by molar-refractivity contribution is -0.115. The van der Waals surface area contributed by atoms with Crippen LogP contribution in [0.1, 0.15) is 5.82 Å². The summed E-state index contributed by atoms with van der Waals surface area (Å²) in [5.41, 5.74) is 0.780. The number of hydrogen-bond acceptors (Lipinski definition) is 5. The van der Waals surface area contributed by atoms with Crippen molar-refractivity contribution in [2.45, 2.75) is 11.3 Å². The number of nitrogens with zero attached hydrogens (tertiary/aromatic N) is 4. The maximum absolute atomic E-state index is 11.8. The molecule has 2 aromatic rings. The first-order valence-corrected chi connectivity index (χ1v) is 6.56. The first-order chi connectivity index (χ1) is 8.69. The summed E-state index contributed by atoms with van der Waals surface area (Å²) in [5, 5.41) is 13.8. The molecule has 7 heteroatoms. The predicted octanol–water partition coefficient (Wildman–Crippen LogP) is 1.11. The lowest BCUT2D eigenvalue weighted by Gasteiger charge is -2.05. The van der Waals surface area contributed by atoms with Crippen LogP contribution in [0.3, 0.4) is 0 Å². The van der Waals surface area contributed by atoms with Gasteiger partial charge in [0.2, 0.25) is 5.91 Å². The molecule has 1 aromatic carbocycles. The number of carbonyl (C=O) groups excluding carboxylic acids is 1. The van der Waals surface area contributed by atoms with Gasteiger partial charge in [0.25, 0.3) is 0 Å². The molecular formula is C11H13N5OS. The highest BCUT2D eigenvalue weighted by Crippen LogP contribution is 2.18. The second-order valence-electron chi connectivity index (χ2n) is 3.68. The molecule has 0 radical (unpaired) electrons. The first kappa shape index (κ1) is 12.6. The molecule has 0 bridgehead atoms. The van der Waals surface area contributed by atoms with Crippen LogP contribution in [0.2, 0.25) is 0 Å². The largest absolute Gasteiger partial charge is 0.326 e. The van der Waals surface area contributed by atoms with Crippen LogP contribution in [0.4, 0.5) is 5.69 Å². The third-order valence-electron chi connectivity index (χ3n) is 2.38. The van der Waals surface area contributed by atoms with Crippen molar-refractivity contribution in [2.75, 3.05) is 11.6 Å². The van der Waals surface area contributed by atoms with E-state index in [1.807, 2.05) is 30.5 Å². The van der Waals surface area contributed by atoms with E-state index < -0.39 is 0 Å². The lowest BCUT2D eigenvalue weighted by atomic mass is 10.3. The van der Waals surface area contributed by atoms with E-state index in [-0.39, 0.29) is 12.3 Å². The molecule has 6 nitrogen and oxygen atoms in total. The maximum atomic E-state index is 11.8. The molecule has 94 valence electrons. The molecule has 0 fully saturated rings. The second kappa shape index (κ2) is 5.63. The van der Waals surface area contributed by atoms with E-state index in [1.165, 1.54) is 4.68 Å². The highest BCUT2D eigenvalue weighted by Gasteiger charge is 2.09. The van der Waals surface area contributed by atoms with Gasteiger partial charge in [-0.2, -0.15) is 0 Å². The normalized spacial score (nSPS) is 10.3. The third kappa shape index (κ3) is 3.07. The Morgan fingerprint density at radius 3 is 3.00 bits per heavy atom. The van der Waals surface area contributed by atoms with Crippen LogP contribution >= 0.6 is 11.8 Å². The molecule has 0 saturated heterocycles. The quantitative estimate of drug-likeness (QED) is 0.837. The third-order valence-corrected chi connectivity index (χ3v) is 3.11. The predicted molar refractivity (Wildman–Crippen MR) is 69.4 cm³/mol. The minimum atomic E-state index is -0.133. The van der Waals surface area contributed by atoms with Crippen molar-refractivity contribution < 1.29 is 4.79 Å². The molecule has 0 aliphatic heterocycles. The molecule has 0 atom stereocenters. The Bertz CT molecular complexity index is 554. The van der Waals surface area contributed by atoms with Gasteiger partial charge in [0.15, 0.2) is 5.82 Å². The van der Waals surface area contributed by atoms with Gasteiger partial charge in [-0.25, -0.2) is 4.68 Å². The summed E-state index contributed by atoms with van der Waals surface area (Å²) in [7, 11) is 1.71. The van der Waals surface area contributed by atoms with Crippen molar-refractivity contribution in [3.05, 3.63) is 30.1 Å². The smallest absolute Gasteiger partial charge is 0.232 e. The van der Waals surface area contributed by atoms with Crippen molar-refractivity contribution in [1.82, 2.24) is 20.2 Å². The van der Waals surface area contributed by atoms with Crippen molar-refractivity contribution in [3.63, 3.8) is 0 Å². The Kier molecular flexibility index (Phi) is 3.93. The Balaban J connectivity index is 2.01. The number of rotatable bonds is 4. The fraction of sp³-hybridized carbons (Fsp3) is 0.273. The summed E-state index contributed by atoms with van der Waals surface area (Å²) < 4.78 is 1.48. The number of nitrogens with one attached hydrogen (secondary N) is 1. The molecule has 2 rings (SSSR count). The Morgan fingerprint density at radius 1 is 1.50 bits per heavy atom. The van der Waals surface area contributed by atoms with E-state index in [9.17, 15) is 4.79 Å². The standard InChI is InChI=1S/C11H13N5OS/c1-16-10(13-14-15-16)7-11(17)12-8-4-3-5-9(6-8)18-2/h3-6H,7H2,1-2H3,(H,12,17). The van der Waals surface area contributed by atoms with E-state index in [1.54, 1.807) is 18.8 Å². The number of aromatic nitrogens is 4. The molecule has 0 spiro atoms. The molecule has 1 N–H and O–H groups in total. The van der Waals surface area contributed by atoms with Crippen LogP contribution < -0.4 is 5.32 Å². The average Bonchev–Trinajstić information content (AvgIpc) is 2.75. The van der Waals surface area contributed by atoms with Crippen LogP contribution in [0.5, 0.6) is 0 Å². The van der Waals surface area contributed by atoms with Crippen LogP contribution in [0.25, 0.3) is 0 Å². The number of hydrogen-bond donors (Lipinski definition) is 1. The van der Waals surface area contributed by atoms with E-state index >= 15 is 0 Å². The molecule has 0 unspecified atom stereocenters. The molecular weight excluding hydrogens is 250 g/mol. The zero-order valence-corrected chi connectivity index (χ0v) is 10.9. The van der Waals surface area contributed by atoms with Crippen LogP contribution in [0.15, 0.2) is 29.2 Å². The molecule has 0 aliphatic rings. The molecule has 0 aliphatic carbocycles. The van der Waals surface area contributed by atoms with Crippen LogP contribution in [-0.4, -0.2) is 32.4 Å². The highest BCUT2D eigenvalue weighted by molar-refractivity contribution is 7.98. The van der Waals surface area contributed by atoms with Gasteiger partial charge in [0.1, 0.15) is 0 Å². The monoisotopic (exact) mass is 263 g/mol. The Labute approximate surface area is 109 Å². The van der Waals surface area contributed by atoms with E-state index in [0.29, 0.717) is 5.82 Å². The molecule has 1 amide bonds. The summed E-state index contributed by atoms with van der Waals surface area (Å²) in [5.74, 6) is 0.402. The van der Waals surface area contributed by atoms with Crippen molar-refractivity contribution in [3.8, 4) is 0 Å². The minimum Gasteiger partial charge on any atom is -0.326 e. The van der Waals surface area contributed by atoms with E-state index in [0.717, 1.165) is 10.6 Å². The van der Waals surface area contributed by atoms with Gasteiger partial charge in [-0.1, -0.05) is 6.07 Å². The molecule has 0 saturated carbocycles. The van der Waals surface area contributed by atoms with Crippen LogP contribution in [-0.2, 0) is 18.3 Å². The fourth-order valence-electron chi connectivity index (χ4n) is 1.45. The Morgan fingerprint density at radius 2 is 2.33 bits per heavy atom. The summed E-state index contributed by atoms with van der Waals surface area (Å²) in [6.45, 7) is 0. The first-order valence-electron chi connectivity index (χ1n) is 5.34. The summed E-state index contributed by atoms with van der Waals surface area (Å²) in [6.07, 6.45) is 2.15. The molecule has 18 heavy (non-hydrogen) atoms. The van der Waals surface area contributed by atoms with Gasteiger partial charge < -0.3 is 5.32 Å². The summed E-state index contributed by atoms with van der Waals surface area (Å²) >= 11 is 1.63. The number of anilines is 1. The average molecular weight is 263 g/mol. The van der Waals surface area contributed by atoms with Crippen molar-refractivity contribution >= 4 is 23.4 Å². The number of carbonyl (C=O) groups is 1. The van der Waals surface area contributed by atoms with Gasteiger partial charge in [-0.3, -0.25) is 4.79 Å². The maximum Gasteiger partial charge on any atom is 0.232 e. The number of amides is 1. The van der Waals surface area contributed by atoms with Crippen molar-refractivity contribution in [1.29, 1.82) is 0 Å². The Hall–Kier alpha value is -1.89. The second-order valence-corrected chi connectivity index (χ2v) is 4.56. The van der Waals surface area contributed by atoms with E-state index in [4.69, 9.17) is 0 Å². The van der Waals surface area contributed by atoms with Gasteiger partial charge in [0, 0.05) is 17.6 Å². The fourth-order valence-corrected chi connectivity index (χ4v) is 1.91. The minimum absolute atomic E-state index is 0.133. The molecule has 1 aromatic heterocycles. The summed E-state index contributed by atoms with van der Waals surface area (Å²) in [4.78, 5) is 12.9. The topological polar surface area (TPSA) is 72.7 Å². The zero-order chi connectivity index (χ0) is 13.0. The number of tetrazole rings is 1. The number of thioether (sulfide) groups is 1. The molecule has 1 heterocycles. The summed E-state index contributed by atoms with van der Waals surface area (Å²) in [6, 6.07) is 7.68. The van der Waals surface area contributed by atoms with E-state index in [2.05, 4.69) is 20.8 Å². The zero-order valence-electron chi connectivity index (χ0n) is 10.1. The lowest BCUT2D eigenvalue weighted by Crippen LogP contribution is -2.17. The van der Waals surface area contributed by atoms with Gasteiger partial charge in [-0.15, -0.1) is 16.9 Å². The van der Waals surface area contributed by atoms with Gasteiger partial charge >= 0.3 is 0 Å². The number of benzene rings is 1. The highest BCUT2D eigenvalue weighted by atomic mass is 32.2. The van der Waals surface area contributed by atoms with Crippen molar-refractivity contribution in [2.24, 2.45) is 7.05 Å². The van der Waals surface area contributed by atoms with Gasteiger partial charge in [-0.05, 0) is 34.9 Å². The number of aryl methyl sites for hydroxylation is 1. The van der Waals surface area contributed by atoms with Gasteiger partial charge in [0.05, 0.1) is 6.42 Å².